The van der Waals surface area contributed by atoms with Crippen LogP contribution in [0.1, 0.15) is 43.5 Å². The molecular formula is C28H20ClNO5. The molecule has 3 aromatic carbocycles. The fraction of sp³-hybridized carbons (Fsp3) is 0.214. The van der Waals surface area contributed by atoms with E-state index in [9.17, 15) is 19.2 Å². The Labute approximate surface area is 206 Å². The molecule has 2 aliphatic heterocycles. The van der Waals surface area contributed by atoms with Crippen molar-refractivity contribution in [3.8, 4) is 0 Å². The van der Waals surface area contributed by atoms with Crippen LogP contribution in [-0.4, -0.2) is 29.0 Å². The molecule has 2 saturated heterocycles. The number of hydrogen-bond acceptors (Lipinski definition) is 5. The van der Waals surface area contributed by atoms with E-state index in [1.165, 1.54) is 0 Å². The largest absolute Gasteiger partial charge is 0.349 e. The van der Waals surface area contributed by atoms with E-state index in [-0.39, 0.29) is 21.8 Å². The van der Waals surface area contributed by atoms with Crippen molar-refractivity contribution in [2.45, 2.75) is 25.6 Å². The number of aryl methyl sites for hydroxylation is 2. The highest BCUT2D eigenvalue weighted by Crippen LogP contribution is 2.58. The smallest absolute Gasteiger partial charge is 0.241 e. The Morgan fingerprint density at radius 2 is 1.43 bits per heavy atom. The number of benzene rings is 3. The molecule has 3 unspecified atom stereocenters. The number of halogens is 1. The van der Waals surface area contributed by atoms with E-state index in [1.807, 2.05) is 32.0 Å². The van der Waals surface area contributed by atoms with Gasteiger partial charge >= 0.3 is 0 Å². The number of amides is 2. The van der Waals surface area contributed by atoms with Crippen molar-refractivity contribution < 1.29 is 23.9 Å². The van der Waals surface area contributed by atoms with Gasteiger partial charge in [-0.2, -0.15) is 0 Å². The zero-order valence-electron chi connectivity index (χ0n) is 18.9. The maximum absolute atomic E-state index is 13.9. The standard InChI is InChI=1S/C28H20ClNO5/c1-14-11-12-16(13-15(14)2)23-21-22(27(34)30(26(21)33)20-10-6-5-9-19(20)29)28(35-23)24(31)17-7-3-4-8-18(17)25(28)32/h3-13,21-23H,1-2H3. The molecule has 35 heavy (non-hydrogen) atoms. The topological polar surface area (TPSA) is 80.8 Å². The molecule has 2 amide bonds. The van der Waals surface area contributed by atoms with Gasteiger partial charge in [-0.05, 0) is 42.7 Å². The second kappa shape index (κ2) is 7.44. The Kier molecular flexibility index (Phi) is 4.66. The van der Waals surface area contributed by atoms with Gasteiger partial charge in [0.05, 0.1) is 28.6 Å². The monoisotopic (exact) mass is 485 g/mol. The second-order valence-corrected chi connectivity index (χ2v) is 9.70. The van der Waals surface area contributed by atoms with E-state index in [2.05, 4.69) is 0 Å². The lowest BCUT2D eigenvalue weighted by molar-refractivity contribution is -0.127. The number of imide groups is 1. The number of carbonyl (C=O) groups is 4. The second-order valence-electron chi connectivity index (χ2n) is 9.29. The van der Waals surface area contributed by atoms with Crippen LogP contribution in [0, 0.1) is 25.7 Å². The SMILES string of the molecule is Cc1ccc(C2OC3(C(=O)c4ccccc4C3=O)C3C(=O)N(c4ccccc4Cl)C(=O)C23)cc1C. The van der Waals surface area contributed by atoms with Crippen molar-refractivity contribution in [1.29, 1.82) is 0 Å². The molecule has 0 bridgehead atoms. The van der Waals surface area contributed by atoms with Crippen molar-refractivity contribution in [2.24, 2.45) is 11.8 Å². The maximum atomic E-state index is 13.9. The highest BCUT2D eigenvalue weighted by molar-refractivity contribution is 6.39. The van der Waals surface area contributed by atoms with E-state index in [0.717, 1.165) is 16.0 Å². The van der Waals surface area contributed by atoms with Crippen molar-refractivity contribution in [2.75, 3.05) is 4.90 Å². The number of rotatable bonds is 2. The minimum atomic E-state index is -2.10. The molecule has 1 aliphatic carbocycles. The summed E-state index contributed by atoms with van der Waals surface area (Å²) in [6.45, 7) is 3.89. The fourth-order valence-electron chi connectivity index (χ4n) is 5.63. The minimum Gasteiger partial charge on any atom is -0.349 e. The van der Waals surface area contributed by atoms with Gasteiger partial charge in [-0.3, -0.25) is 19.2 Å². The Morgan fingerprint density at radius 3 is 2.06 bits per heavy atom. The molecule has 174 valence electrons. The summed E-state index contributed by atoms with van der Waals surface area (Å²) in [5.41, 5.74) is 1.18. The van der Waals surface area contributed by atoms with Crippen molar-refractivity contribution >= 4 is 40.7 Å². The summed E-state index contributed by atoms with van der Waals surface area (Å²) >= 11 is 6.35. The highest BCUT2D eigenvalue weighted by Gasteiger charge is 2.74. The third kappa shape index (κ3) is 2.75. The van der Waals surface area contributed by atoms with Gasteiger partial charge in [0.15, 0.2) is 0 Å². The molecule has 3 aliphatic rings. The van der Waals surface area contributed by atoms with Gasteiger partial charge in [0.1, 0.15) is 0 Å². The lowest BCUT2D eigenvalue weighted by Crippen LogP contribution is -2.51. The highest BCUT2D eigenvalue weighted by atomic mass is 35.5. The van der Waals surface area contributed by atoms with E-state index in [4.69, 9.17) is 16.3 Å². The van der Waals surface area contributed by atoms with E-state index in [0.29, 0.717) is 5.56 Å². The molecular weight excluding hydrogens is 466 g/mol. The van der Waals surface area contributed by atoms with Crippen LogP contribution in [0.5, 0.6) is 0 Å². The molecule has 2 heterocycles. The summed E-state index contributed by atoms with van der Waals surface area (Å²) in [4.78, 5) is 56.3. The van der Waals surface area contributed by atoms with Gasteiger partial charge in [-0.25, -0.2) is 4.90 Å². The van der Waals surface area contributed by atoms with Gasteiger partial charge < -0.3 is 4.74 Å². The zero-order valence-corrected chi connectivity index (χ0v) is 19.7. The Bertz CT molecular complexity index is 1440. The molecule has 0 saturated carbocycles. The number of anilines is 1. The van der Waals surface area contributed by atoms with Crippen LogP contribution < -0.4 is 4.90 Å². The van der Waals surface area contributed by atoms with Crippen LogP contribution in [0.2, 0.25) is 5.02 Å². The quantitative estimate of drug-likeness (QED) is 0.390. The maximum Gasteiger partial charge on any atom is 0.241 e. The number of hydrogen-bond donors (Lipinski definition) is 0. The molecule has 3 atom stereocenters. The molecule has 7 heteroatoms. The molecule has 6 nitrogen and oxygen atoms in total. The number of para-hydroxylation sites is 1. The molecule has 0 aromatic heterocycles. The predicted octanol–water partition coefficient (Wildman–Crippen LogP) is 4.65. The number of ether oxygens (including phenoxy) is 1. The number of Topliss-reactive ketones (excluding diaryl/α,β-unsaturated/α-hetero) is 2. The molecule has 0 radical (unpaired) electrons. The average Bonchev–Trinajstić information content (AvgIpc) is 3.41. The zero-order chi connectivity index (χ0) is 24.6. The summed E-state index contributed by atoms with van der Waals surface area (Å²) in [5.74, 6) is -4.71. The molecule has 6 rings (SSSR count). The van der Waals surface area contributed by atoms with E-state index in [1.54, 1.807) is 48.5 Å². The van der Waals surface area contributed by atoms with Crippen LogP contribution in [0.25, 0.3) is 0 Å². The van der Waals surface area contributed by atoms with E-state index >= 15 is 0 Å². The minimum absolute atomic E-state index is 0.202. The van der Waals surface area contributed by atoms with Crippen LogP contribution in [0.15, 0.2) is 66.7 Å². The first-order valence-electron chi connectivity index (χ1n) is 11.3. The van der Waals surface area contributed by atoms with Gasteiger partial charge in [-0.1, -0.05) is 66.2 Å². The van der Waals surface area contributed by atoms with Gasteiger partial charge in [-0.15, -0.1) is 0 Å². The first-order chi connectivity index (χ1) is 16.8. The van der Waals surface area contributed by atoms with Gasteiger partial charge in [0, 0.05) is 11.1 Å². The third-order valence-electron chi connectivity index (χ3n) is 7.47. The predicted molar refractivity (Wildman–Crippen MR) is 129 cm³/mol. The van der Waals surface area contributed by atoms with Crippen molar-refractivity contribution in [1.82, 2.24) is 0 Å². The summed E-state index contributed by atoms with van der Waals surface area (Å²) in [7, 11) is 0. The first kappa shape index (κ1) is 21.9. The molecule has 2 fully saturated rings. The van der Waals surface area contributed by atoms with Gasteiger partial charge in [0.25, 0.3) is 0 Å². The van der Waals surface area contributed by atoms with Crippen LogP contribution in [0.3, 0.4) is 0 Å². The molecule has 3 aromatic rings. The summed E-state index contributed by atoms with van der Waals surface area (Å²) in [6.07, 6.45) is -0.953. The third-order valence-corrected chi connectivity index (χ3v) is 7.79. The molecule has 0 N–H and O–H groups in total. The van der Waals surface area contributed by atoms with Crippen molar-refractivity contribution in [3.63, 3.8) is 0 Å². The summed E-state index contributed by atoms with van der Waals surface area (Å²) in [6, 6.07) is 18.5. The Morgan fingerprint density at radius 1 is 0.800 bits per heavy atom. The van der Waals surface area contributed by atoms with Gasteiger partial charge in [0.2, 0.25) is 29.0 Å². The Balaban J connectivity index is 1.57. The average molecular weight is 486 g/mol. The van der Waals surface area contributed by atoms with Crippen LogP contribution >= 0.6 is 11.6 Å². The van der Waals surface area contributed by atoms with Crippen LogP contribution in [-0.2, 0) is 14.3 Å². The number of ketones is 2. The number of nitrogens with zero attached hydrogens (tertiary/aromatic N) is 1. The fourth-order valence-corrected chi connectivity index (χ4v) is 5.85. The number of carbonyl (C=O) groups excluding carboxylic acids is 4. The Hall–Kier alpha value is -3.61. The van der Waals surface area contributed by atoms with Crippen LogP contribution in [0.4, 0.5) is 5.69 Å². The number of fused-ring (bicyclic) bond motifs is 3. The lowest BCUT2D eigenvalue weighted by atomic mass is 9.77. The normalized spacial score (nSPS) is 24.4. The van der Waals surface area contributed by atoms with E-state index < -0.39 is 46.9 Å². The summed E-state index contributed by atoms with van der Waals surface area (Å²) < 4.78 is 6.32. The molecule has 1 spiro atoms. The van der Waals surface area contributed by atoms with Crippen molar-refractivity contribution in [3.05, 3.63) is 99.6 Å². The first-order valence-corrected chi connectivity index (χ1v) is 11.7. The lowest BCUT2D eigenvalue weighted by Gasteiger charge is -2.27. The summed E-state index contributed by atoms with van der Waals surface area (Å²) in [5, 5.41) is 0.222.